The summed E-state index contributed by atoms with van der Waals surface area (Å²) in [4.78, 5) is 17.6. The van der Waals surface area contributed by atoms with Crippen LogP contribution in [0.1, 0.15) is 21.6 Å². The van der Waals surface area contributed by atoms with E-state index in [4.69, 9.17) is 0 Å². The summed E-state index contributed by atoms with van der Waals surface area (Å²) in [5, 5.41) is 2.94. The van der Waals surface area contributed by atoms with E-state index < -0.39 is 9.84 Å². The van der Waals surface area contributed by atoms with Crippen LogP contribution in [0.2, 0.25) is 0 Å². The van der Waals surface area contributed by atoms with E-state index in [1.165, 1.54) is 6.26 Å². The number of sulfone groups is 1. The van der Waals surface area contributed by atoms with E-state index in [-0.39, 0.29) is 10.8 Å². The summed E-state index contributed by atoms with van der Waals surface area (Å²) in [7, 11) is -3.28. The van der Waals surface area contributed by atoms with Crippen molar-refractivity contribution < 1.29 is 13.2 Å². The van der Waals surface area contributed by atoms with E-state index in [9.17, 15) is 13.2 Å². The van der Waals surface area contributed by atoms with Crippen LogP contribution in [0.5, 0.6) is 0 Å². The summed E-state index contributed by atoms with van der Waals surface area (Å²) < 4.78 is 23.4. The monoisotopic (exact) mass is 442 g/mol. The zero-order valence-corrected chi connectivity index (χ0v) is 18.3. The number of rotatable bonds is 6. The molecular weight excluding hydrogens is 420 g/mol. The summed E-state index contributed by atoms with van der Waals surface area (Å²) in [5.41, 5.74) is 4.80. The standard InChI is InChI=1S/C26H22N2O3S/c1-32(30,31)23-15-11-20(12-16-23)24-7-2-3-8-25(24)26(29)28-21-13-9-19(10-14-21)18-22-6-4-5-17-27-22/h2-17H,18H2,1H3,(H,28,29). The first-order valence-electron chi connectivity index (χ1n) is 10.1. The van der Waals surface area contributed by atoms with Gasteiger partial charge in [-0.25, -0.2) is 8.42 Å². The molecule has 1 amide bonds. The van der Waals surface area contributed by atoms with E-state index in [0.29, 0.717) is 11.3 Å². The van der Waals surface area contributed by atoms with E-state index in [0.717, 1.165) is 28.8 Å². The van der Waals surface area contributed by atoms with Crippen LogP contribution in [-0.4, -0.2) is 25.6 Å². The first kappa shape index (κ1) is 21.5. The fourth-order valence-electron chi connectivity index (χ4n) is 3.43. The normalized spacial score (nSPS) is 11.2. The zero-order valence-electron chi connectivity index (χ0n) is 17.5. The maximum atomic E-state index is 13.0. The second kappa shape index (κ2) is 9.16. The molecule has 0 bridgehead atoms. The molecule has 6 heteroatoms. The van der Waals surface area contributed by atoms with Crippen molar-refractivity contribution in [2.24, 2.45) is 0 Å². The molecule has 0 saturated carbocycles. The molecule has 0 aliphatic heterocycles. The Morgan fingerprint density at radius 3 is 2.19 bits per heavy atom. The number of benzene rings is 3. The highest BCUT2D eigenvalue weighted by Gasteiger charge is 2.14. The van der Waals surface area contributed by atoms with Gasteiger partial charge >= 0.3 is 0 Å². The average Bonchev–Trinajstić information content (AvgIpc) is 2.80. The van der Waals surface area contributed by atoms with Crippen molar-refractivity contribution in [1.82, 2.24) is 4.98 Å². The minimum Gasteiger partial charge on any atom is -0.322 e. The van der Waals surface area contributed by atoms with Crippen molar-refractivity contribution in [3.63, 3.8) is 0 Å². The summed E-state index contributed by atoms with van der Waals surface area (Å²) in [6, 6.07) is 27.3. The van der Waals surface area contributed by atoms with Crippen molar-refractivity contribution in [2.45, 2.75) is 11.3 Å². The lowest BCUT2D eigenvalue weighted by molar-refractivity contribution is 0.102. The van der Waals surface area contributed by atoms with Crippen LogP contribution in [-0.2, 0) is 16.3 Å². The van der Waals surface area contributed by atoms with E-state index >= 15 is 0 Å². The van der Waals surface area contributed by atoms with Gasteiger partial charge in [0.15, 0.2) is 9.84 Å². The Morgan fingerprint density at radius 2 is 1.53 bits per heavy atom. The number of anilines is 1. The Bertz CT molecular complexity index is 1330. The largest absolute Gasteiger partial charge is 0.322 e. The molecule has 0 atom stereocenters. The van der Waals surface area contributed by atoms with Crippen LogP contribution >= 0.6 is 0 Å². The zero-order chi connectivity index (χ0) is 22.6. The molecule has 5 nitrogen and oxygen atoms in total. The SMILES string of the molecule is CS(=O)(=O)c1ccc(-c2ccccc2C(=O)Nc2ccc(Cc3ccccn3)cc2)cc1. The average molecular weight is 443 g/mol. The highest BCUT2D eigenvalue weighted by atomic mass is 32.2. The van der Waals surface area contributed by atoms with E-state index in [1.807, 2.05) is 54.6 Å². The number of nitrogens with zero attached hydrogens (tertiary/aromatic N) is 1. The molecule has 3 aromatic carbocycles. The second-order valence-electron chi connectivity index (χ2n) is 7.49. The lowest BCUT2D eigenvalue weighted by atomic mass is 9.99. The molecule has 0 unspecified atom stereocenters. The third kappa shape index (κ3) is 5.10. The lowest BCUT2D eigenvalue weighted by Crippen LogP contribution is -2.13. The van der Waals surface area contributed by atoms with Gasteiger partial charge in [-0.15, -0.1) is 0 Å². The number of nitrogens with one attached hydrogen (secondary N) is 1. The van der Waals surface area contributed by atoms with Crippen molar-refractivity contribution >= 4 is 21.4 Å². The van der Waals surface area contributed by atoms with E-state index in [2.05, 4.69) is 10.3 Å². The lowest BCUT2D eigenvalue weighted by Gasteiger charge is -2.11. The molecule has 0 aliphatic rings. The predicted molar refractivity (Wildman–Crippen MR) is 126 cm³/mol. The second-order valence-corrected chi connectivity index (χ2v) is 9.51. The summed E-state index contributed by atoms with van der Waals surface area (Å²) in [5.74, 6) is -0.231. The third-order valence-electron chi connectivity index (χ3n) is 5.09. The highest BCUT2D eigenvalue weighted by Crippen LogP contribution is 2.26. The van der Waals surface area contributed by atoms with Crippen molar-refractivity contribution in [2.75, 3.05) is 11.6 Å². The van der Waals surface area contributed by atoms with Gasteiger partial charge in [0.25, 0.3) is 5.91 Å². The molecule has 0 spiro atoms. The first-order valence-corrected chi connectivity index (χ1v) is 12.0. The molecule has 32 heavy (non-hydrogen) atoms. The van der Waals surface area contributed by atoms with Crippen LogP contribution in [0, 0.1) is 0 Å². The Balaban J connectivity index is 1.52. The van der Waals surface area contributed by atoms with Gasteiger partial charge in [0, 0.05) is 35.8 Å². The maximum absolute atomic E-state index is 13.0. The Morgan fingerprint density at radius 1 is 0.844 bits per heavy atom. The Labute approximate surface area is 187 Å². The maximum Gasteiger partial charge on any atom is 0.256 e. The van der Waals surface area contributed by atoms with Gasteiger partial charge in [0.05, 0.1) is 4.90 Å². The van der Waals surface area contributed by atoms with Crippen LogP contribution in [0.15, 0.2) is 102 Å². The minimum atomic E-state index is -3.28. The number of aromatic nitrogens is 1. The first-order chi connectivity index (χ1) is 15.4. The van der Waals surface area contributed by atoms with Crippen LogP contribution in [0.3, 0.4) is 0 Å². The number of amides is 1. The summed E-state index contributed by atoms with van der Waals surface area (Å²) in [6.45, 7) is 0. The highest BCUT2D eigenvalue weighted by molar-refractivity contribution is 7.90. The summed E-state index contributed by atoms with van der Waals surface area (Å²) >= 11 is 0. The van der Waals surface area contributed by atoms with Gasteiger partial charge in [-0.05, 0) is 59.2 Å². The number of carbonyl (C=O) groups is 1. The molecule has 1 heterocycles. The molecule has 0 fully saturated rings. The quantitative estimate of drug-likeness (QED) is 0.456. The Hall–Kier alpha value is -3.77. The molecule has 0 aliphatic carbocycles. The van der Waals surface area contributed by atoms with Crippen LogP contribution in [0.4, 0.5) is 5.69 Å². The topological polar surface area (TPSA) is 76.1 Å². The van der Waals surface area contributed by atoms with Gasteiger partial charge in [0.2, 0.25) is 0 Å². The predicted octanol–water partition coefficient (Wildman–Crippen LogP) is 5.00. The fraction of sp³-hybridized carbons (Fsp3) is 0.0769. The van der Waals surface area contributed by atoms with Gasteiger partial charge in [-0.2, -0.15) is 0 Å². The number of pyridine rings is 1. The third-order valence-corrected chi connectivity index (χ3v) is 6.22. The molecule has 1 N–H and O–H groups in total. The number of hydrogen-bond donors (Lipinski definition) is 1. The fourth-order valence-corrected chi connectivity index (χ4v) is 4.06. The molecule has 4 rings (SSSR count). The molecule has 0 saturated heterocycles. The summed E-state index contributed by atoms with van der Waals surface area (Å²) in [6.07, 6.45) is 3.67. The molecule has 160 valence electrons. The molecular formula is C26H22N2O3S. The minimum absolute atomic E-state index is 0.231. The smallest absolute Gasteiger partial charge is 0.256 e. The molecule has 1 aromatic heterocycles. The Kier molecular flexibility index (Phi) is 6.14. The van der Waals surface area contributed by atoms with Gasteiger partial charge < -0.3 is 5.32 Å². The van der Waals surface area contributed by atoms with Gasteiger partial charge in [-0.1, -0.05) is 48.5 Å². The van der Waals surface area contributed by atoms with E-state index in [1.54, 1.807) is 42.6 Å². The van der Waals surface area contributed by atoms with Crippen molar-refractivity contribution in [3.05, 3.63) is 114 Å². The van der Waals surface area contributed by atoms with Crippen molar-refractivity contribution in [3.8, 4) is 11.1 Å². The van der Waals surface area contributed by atoms with Gasteiger partial charge in [0.1, 0.15) is 0 Å². The van der Waals surface area contributed by atoms with Crippen molar-refractivity contribution in [1.29, 1.82) is 0 Å². The number of carbonyl (C=O) groups excluding carboxylic acids is 1. The van der Waals surface area contributed by atoms with Crippen LogP contribution in [0.25, 0.3) is 11.1 Å². The molecule has 4 aromatic rings. The number of hydrogen-bond acceptors (Lipinski definition) is 4. The molecule has 0 radical (unpaired) electrons. The van der Waals surface area contributed by atoms with Crippen LogP contribution < -0.4 is 5.32 Å². The van der Waals surface area contributed by atoms with Gasteiger partial charge in [-0.3, -0.25) is 9.78 Å².